The normalized spacial score (nSPS) is 14.1. The first-order chi connectivity index (χ1) is 7.42. The number of alkyl halides is 3. The maximum Gasteiger partial charge on any atom is 0.389 e. The number of nitrogens with one attached hydrogen (secondary N) is 1. The predicted octanol–water partition coefficient (Wildman–Crippen LogP) is 2.41. The van der Waals surface area contributed by atoms with Crippen LogP contribution in [0.2, 0.25) is 0 Å². The molecule has 0 amide bonds. The summed E-state index contributed by atoms with van der Waals surface area (Å²) in [5, 5.41) is 3.01. The van der Waals surface area contributed by atoms with Crippen molar-refractivity contribution in [3.63, 3.8) is 0 Å². The fourth-order valence-electron chi connectivity index (χ4n) is 1.52. The lowest BCUT2D eigenvalue weighted by atomic mass is 10.1. The second-order valence-electron chi connectivity index (χ2n) is 3.73. The Labute approximate surface area is 92.7 Å². The van der Waals surface area contributed by atoms with E-state index in [-0.39, 0.29) is 12.5 Å². The Kier molecular flexibility index (Phi) is 4.35. The molecule has 0 aliphatic rings. The number of rotatable bonds is 5. The van der Waals surface area contributed by atoms with Crippen LogP contribution in [0.25, 0.3) is 0 Å². The molecule has 1 aromatic heterocycles. The van der Waals surface area contributed by atoms with E-state index in [1.54, 1.807) is 24.1 Å². The molecule has 1 unspecified atom stereocenters. The second kappa shape index (κ2) is 5.34. The third kappa shape index (κ3) is 4.22. The monoisotopic (exact) mass is 235 g/mol. The lowest BCUT2D eigenvalue weighted by Gasteiger charge is -2.16. The number of hydrogen-bond acceptors (Lipinski definition) is 2. The van der Waals surface area contributed by atoms with Gasteiger partial charge in [-0.15, -0.1) is 0 Å². The van der Waals surface area contributed by atoms with Gasteiger partial charge in [0.15, 0.2) is 0 Å². The Bertz CT molecular complexity index is 319. The van der Waals surface area contributed by atoms with Gasteiger partial charge in [-0.2, -0.15) is 13.2 Å². The van der Waals surface area contributed by atoms with Crippen molar-refractivity contribution in [2.45, 2.75) is 32.0 Å². The van der Waals surface area contributed by atoms with Crippen molar-refractivity contribution in [3.05, 3.63) is 18.2 Å². The highest BCUT2D eigenvalue weighted by Crippen LogP contribution is 2.26. The predicted molar refractivity (Wildman–Crippen MR) is 54.9 cm³/mol. The standard InChI is InChI=1S/C10H16F3N3/c1-3-14-8(4-5-10(11,12)13)9-6-16(2)7-15-9/h6-8,14H,3-5H2,1-2H3. The van der Waals surface area contributed by atoms with E-state index in [9.17, 15) is 13.2 Å². The molecular weight excluding hydrogens is 219 g/mol. The molecule has 0 aliphatic carbocycles. The first-order valence-electron chi connectivity index (χ1n) is 5.20. The number of halogens is 3. The molecule has 6 heteroatoms. The fourth-order valence-corrected chi connectivity index (χ4v) is 1.52. The van der Waals surface area contributed by atoms with Gasteiger partial charge in [-0.1, -0.05) is 6.92 Å². The van der Waals surface area contributed by atoms with Crippen LogP contribution in [-0.2, 0) is 7.05 Å². The van der Waals surface area contributed by atoms with Gasteiger partial charge in [-0.3, -0.25) is 0 Å². The number of nitrogens with zero attached hydrogens (tertiary/aromatic N) is 2. The van der Waals surface area contributed by atoms with E-state index in [0.717, 1.165) is 0 Å². The van der Waals surface area contributed by atoms with Gasteiger partial charge in [0, 0.05) is 19.7 Å². The molecule has 0 spiro atoms. The Morgan fingerprint density at radius 3 is 2.62 bits per heavy atom. The summed E-state index contributed by atoms with van der Waals surface area (Å²) >= 11 is 0. The summed E-state index contributed by atoms with van der Waals surface area (Å²) in [7, 11) is 1.79. The van der Waals surface area contributed by atoms with Crippen LogP contribution in [0.15, 0.2) is 12.5 Å². The van der Waals surface area contributed by atoms with Crippen molar-refractivity contribution in [3.8, 4) is 0 Å². The van der Waals surface area contributed by atoms with Gasteiger partial charge in [0.1, 0.15) is 0 Å². The van der Waals surface area contributed by atoms with Crippen LogP contribution in [-0.4, -0.2) is 22.3 Å². The van der Waals surface area contributed by atoms with Crippen molar-refractivity contribution in [1.29, 1.82) is 0 Å². The maximum atomic E-state index is 12.1. The van der Waals surface area contributed by atoms with Crippen molar-refractivity contribution in [2.75, 3.05) is 6.54 Å². The lowest BCUT2D eigenvalue weighted by molar-refractivity contribution is -0.136. The van der Waals surface area contributed by atoms with Crippen molar-refractivity contribution >= 4 is 0 Å². The van der Waals surface area contributed by atoms with E-state index >= 15 is 0 Å². The SMILES string of the molecule is CCNC(CCC(F)(F)F)c1cn(C)cn1. The molecule has 0 bridgehead atoms. The topological polar surface area (TPSA) is 29.9 Å². The number of aromatic nitrogens is 2. The van der Waals surface area contributed by atoms with Crippen LogP contribution < -0.4 is 5.32 Å². The average molecular weight is 235 g/mol. The van der Waals surface area contributed by atoms with E-state index in [1.807, 2.05) is 6.92 Å². The van der Waals surface area contributed by atoms with Crippen molar-refractivity contribution in [1.82, 2.24) is 14.9 Å². The minimum absolute atomic E-state index is 0.0222. The van der Waals surface area contributed by atoms with Gasteiger partial charge in [0.05, 0.1) is 18.1 Å². The number of hydrogen-bond donors (Lipinski definition) is 1. The molecule has 0 radical (unpaired) electrons. The van der Waals surface area contributed by atoms with Crippen LogP contribution in [0.3, 0.4) is 0 Å². The summed E-state index contributed by atoms with van der Waals surface area (Å²) in [5.74, 6) is 0. The molecule has 0 saturated carbocycles. The fraction of sp³-hybridized carbons (Fsp3) is 0.700. The molecule has 0 saturated heterocycles. The molecule has 0 aliphatic heterocycles. The molecule has 0 fully saturated rings. The number of aryl methyl sites for hydroxylation is 1. The maximum absolute atomic E-state index is 12.1. The van der Waals surface area contributed by atoms with Crippen LogP contribution in [0.1, 0.15) is 31.5 Å². The largest absolute Gasteiger partial charge is 0.389 e. The highest BCUT2D eigenvalue weighted by atomic mass is 19.4. The molecule has 3 nitrogen and oxygen atoms in total. The zero-order valence-corrected chi connectivity index (χ0v) is 9.38. The summed E-state index contributed by atoms with van der Waals surface area (Å²) in [6.45, 7) is 2.49. The third-order valence-corrected chi connectivity index (χ3v) is 2.25. The minimum atomic E-state index is -4.11. The van der Waals surface area contributed by atoms with Gasteiger partial charge < -0.3 is 9.88 Å². The van der Waals surface area contributed by atoms with E-state index in [2.05, 4.69) is 10.3 Å². The molecule has 0 aromatic carbocycles. The summed E-state index contributed by atoms with van der Waals surface area (Å²) in [4.78, 5) is 4.07. The third-order valence-electron chi connectivity index (χ3n) is 2.25. The summed E-state index contributed by atoms with van der Waals surface area (Å²) in [6.07, 6.45) is -1.55. The van der Waals surface area contributed by atoms with Gasteiger partial charge in [-0.25, -0.2) is 4.98 Å². The van der Waals surface area contributed by atoms with Gasteiger partial charge in [-0.05, 0) is 13.0 Å². The molecular formula is C10H16F3N3. The molecule has 1 rings (SSSR count). The quantitative estimate of drug-likeness (QED) is 0.849. The van der Waals surface area contributed by atoms with Gasteiger partial charge in [0.25, 0.3) is 0 Å². The van der Waals surface area contributed by atoms with Gasteiger partial charge >= 0.3 is 6.18 Å². The summed E-state index contributed by atoms with van der Waals surface area (Å²) < 4.78 is 38.1. The van der Waals surface area contributed by atoms with Gasteiger partial charge in [0.2, 0.25) is 0 Å². The van der Waals surface area contributed by atoms with E-state index in [4.69, 9.17) is 0 Å². The Morgan fingerprint density at radius 1 is 1.50 bits per heavy atom. The van der Waals surface area contributed by atoms with E-state index in [1.165, 1.54) is 0 Å². The molecule has 92 valence electrons. The highest BCUT2D eigenvalue weighted by Gasteiger charge is 2.29. The first kappa shape index (κ1) is 13.0. The Hall–Kier alpha value is -1.04. The Morgan fingerprint density at radius 2 is 2.19 bits per heavy atom. The minimum Gasteiger partial charge on any atom is -0.340 e. The molecule has 1 heterocycles. The van der Waals surface area contributed by atoms with E-state index < -0.39 is 12.6 Å². The van der Waals surface area contributed by atoms with Crippen LogP contribution in [0.5, 0.6) is 0 Å². The number of imidazole rings is 1. The zero-order valence-electron chi connectivity index (χ0n) is 9.38. The molecule has 1 N–H and O–H groups in total. The zero-order chi connectivity index (χ0) is 12.2. The summed E-state index contributed by atoms with van der Waals surface area (Å²) in [6, 6.07) is -0.326. The van der Waals surface area contributed by atoms with Crippen LogP contribution >= 0.6 is 0 Å². The average Bonchev–Trinajstić information content (AvgIpc) is 2.57. The molecule has 16 heavy (non-hydrogen) atoms. The highest BCUT2D eigenvalue weighted by molar-refractivity contribution is 5.03. The van der Waals surface area contributed by atoms with Crippen molar-refractivity contribution < 1.29 is 13.2 Å². The smallest absolute Gasteiger partial charge is 0.340 e. The van der Waals surface area contributed by atoms with E-state index in [0.29, 0.717) is 12.2 Å². The van der Waals surface area contributed by atoms with Crippen LogP contribution in [0, 0.1) is 0 Å². The Balaban J connectivity index is 2.61. The lowest BCUT2D eigenvalue weighted by Crippen LogP contribution is -2.23. The van der Waals surface area contributed by atoms with Crippen molar-refractivity contribution in [2.24, 2.45) is 7.05 Å². The summed E-state index contributed by atoms with van der Waals surface area (Å²) in [5.41, 5.74) is 0.661. The first-order valence-corrected chi connectivity index (χ1v) is 5.20. The van der Waals surface area contributed by atoms with Crippen LogP contribution in [0.4, 0.5) is 13.2 Å². The molecule has 1 atom stereocenters. The second-order valence-corrected chi connectivity index (χ2v) is 3.73. The molecule has 1 aromatic rings.